The fourth-order valence-corrected chi connectivity index (χ4v) is 1.75. The van der Waals surface area contributed by atoms with E-state index in [9.17, 15) is 27.9 Å². The lowest BCUT2D eigenvalue weighted by Gasteiger charge is -2.20. The molecule has 1 aromatic rings. The maximum atomic E-state index is 11.9. The summed E-state index contributed by atoms with van der Waals surface area (Å²) in [5, 5.41) is 10.9. The van der Waals surface area contributed by atoms with Crippen LogP contribution >= 0.6 is 0 Å². The number of hydrogen-bond acceptors (Lipinski definition) is 7. The average Bonchev–Trinajstić information content (AvgIpc) is 2.37. The molecule has 1 rings (SSSR count). The molecule has 0 N–H and O–H groups in total. The van der Waals surface area contributed by atoms with Crippen LogP contribution in [0.3, 0.4) is 0 Å². The van der Waals surface area contributed by atoms with Gasteiger partial charge < -0.3 is 9.29 Å². The van der Waals surface area contributed by atoms with E-state index in [0.717, 1.165) is 12.1 Å². The summed E-state index contributed by atoms with van der Waals surface area (Å²) in [5.41, 5.74) is -1.61. The molecule has 0 aliphatic rings. The Balaban J connectivity index is 3.26. The third-order valence-corrected chi connectivity index (χ3v) is 3.89. The highest BCUT2D eigenvalue weighted by molar-refractivity contribution is 7.85. The lowest BCUT2D eigenvalue weighted by molar-refractivity contribution is -0.385. The summed E-state index contributed by atoms with van der Waals surface area (Å²) in [6.45, 7) is 4.97. The Morgan fingerprint density at radius 2 is 1.95 bits per heavy atom. The lowest BCUT2D eigenvalue weighted by Crippen LogP contribution is -2.28. The summed E-state index contributed by atoms with van der Waals surface area (Å²) < 4.78 is 37.5. The Hall–Kier alpha value is -2.00. The van der Waals surface area contributed by atoms with Gasteiger partial charge in [0.2, 0.25) is 5.75 Å². The third-order valence-electron chi connectivity index (χ3n) is 3.05. The number of rotatable bonds is 5. The van der Waals surface area contributed by atoms with Crippen molar-refractivity contribution < 1.29 is 27.4 Å². The monoisotopic (exact) mass is 316 g/mol. The van der Waals surface area contributed by atoms with Crippen LogP contribution in [-0.2, 0) is 14.9 Å². The minimum Gasteiger partial charge on any atom is -0.744 e. The van der Waals surface area contributed by atoms with Crippen molar-refractivity contribution in [2.75, 3.05) is 0 Å². The Kier molecular flexibility index (Phi) is 4.69. The highest BCUT2D eigenvalue weighted by atomic mass is 32.2. The normalized spacial score (nSPS) is 12.0. The van der Waals surface area contributed by atoms with E-state index in [0.29, 0.717) is 12.5 Å². The van der Waals surface area contributed by atoms with Crippen LogP contribution < -0.4 is 4.74 Å². The van der Waals surface area contributed by atoms with E-state index in [4.69, 9.17) is 4.74 Å². The molecule has 0 spiro atoms. The van der Waals surface area contributed by atoms with Crippen molar-refractivity contribution in [2.45, 2.75) is 32.1 Å². The van der Waals surface area contributed by atoms with Crippen LogP contribution in [0.5, 0.6) is 5.75 Å². The summed E-state index contributed by atoms with van der Waals surface area (Å²) in [4.78, 5) is 21.1. The molecule has 0 radical (unpaired) electrons. The van der Waals surface area contributed by atoms with E-state index in [2.05, 4.69) is 0 Å². The number of nitro groups is 1. The van der Waals surface area contributed by atoms with Crippen LogP contribution in [0.1, 0.15) is 27.2 Å². The summed E-state index contributed by atoms with van der Waals surface area (Å²) in [5.74, 6) is -1.09. The highest BCUT2D eigenvalue weighted by Gasteiger charge is 2.30. The molecule has 0 heterocycles. The van der Waals surface area contributed by atoms with Crippen molar-refractivity contribution in [1.82, 2.24) is 0 Å². The van der Waals surface area contributed by atoms with Crippen LogP contribution in [0.4, 0.5) is 5.69 Å². The molecular formula is C12H14NO7S-. The van der Waals surface area contributed by atoms with E-state index >= 15 is 0 Å². The minimum absolute atomic E-state index is 0.404. The highest BCUT2D eigenvalue weighted by Crippen LogP contribution is 2.32. The fourth-order valence-electron chi connectivity index (χ4n) is 1.26. The maximum absolute atomic E-state index is 11.9. The molecule has 0 fully saturated rings. The van der Waals surface area contributed by atoms with E-state index in [1.54, 1.807) is 20.8 Å². The maximum Gasteiger partial charge on any atom is 0.317 e. The molecular weight excluding hydrogens is 302 g/mol. The van der Waals surface area contributed by atoms with Gasteiger partial charge in [0, 0.05) is 6.07 Å². The van der Waals surface area contributed by atoms with E-state index in [-0.39, 0.29) is 0 Å². The van der Waals surface area contributed by atoms with Gasteiger partial charge in [-0.05, 0) is 32.4 Å². The van der Waals surface area contributed by atoms with Gasteiger partial charge in [-0.1, -0.05) is 6.92 Å². The number of esters is 1. The first-order valence-corrected chi connectivity index (χ1v) is 7.36. The first kappa shape index (κ1) is 17.1. The first-order chi connectivity index (χ1) is 9.49. The molecule has 0 aliphatic heterocycles. The predicted octanol–water partition coefficient (Wildman–Crippen LogP) is 1.84. The van der Waals surface area contributed by atoms with Gasteiger partial charge in [0.15, 0.2) is 0 Å². The molecule has 116 valence electrons. The number of carbonyl (C=O) groups excluding carboxylic acids is 1. The van der Waals surface area contributed by atoms with Crippen molar-refractivity contribution in [2.24, 2.45) is 5.41 Å². The number of ether oxygens (including phenoxy) is 1. The van der Waals surface area contributed by atoms with Crippen molar-refractivity contribution in [1.29, 1.82) is 0 Å². The summed E-state index contributed by atoms with van der Waals surface area (Å²) in [6.07, 6.45) is 0.451. The van der Waals surface area contributed by atoms with Crippen LogP contribution in [0.25, 0.3) is 0 Å². The number of nitrogens with zero attached hydrogens (tertiary/aromatic N) is 1. The van der Waals surface area contributed by atoms with Gasteiger partial charge in [0.05, 0.1) is 15.2 Å². The summed E-state index contributed by atoms with van der Waals surface area (Å²) >= 11 is 0. The van der Waals surface area contributed by atoms with Crippen molar-refractivity contribution in [3.05, 3.63) is 28.3 Å². The molecule has 0 saturated carbocycles. The average molecular weight is 316 g/mol. The second-order valence-corrected chi connectivity index (χ2v) is 6.35. The Morgan fingerprint density at radius 3 is 2.38 bits per heavy atom. The van der Waals surface area contributed by atoms with Crippen molar-refractivity contribution in [3.63, 3.8) is 0 Å². The molecule has 0 unspecified atom stereocenters. The van der Waals surface area contributed by atoms with Crippen molar-refractivity contribution >= 4 is 21.8 Å². The van der Waals surface area contributed by atoms with Gasteiger partial charge >= 0.3 is 11.7 Å². The van der Waals surface area contributed by atoms with Gasteiger partial charge in [-0.25, -0.2) is 8.42 Å². The predicted molar refractivity (Wildman–Crippen MR) is 70.8 cm³/mol. The molecule has 0 saturated heterocycles. The Bertz CT molecular complexity index is 679. The van der Waals surface area contributed by atoms with Crippen LogP contribution in [-0.4, -0.2) is 23.9 Å². The fraction of sp³-hybridized carbons (Fsp3) is 0.417. The number of nitro benzene ring substituents is 1. The van der Waals surface area contributed by atoms with Crippen LogP contribution in [0.15, 0.2) is 23.1 Å². The van der Waals surface area contributed by atoms with E-state index in [1.807, 2.05) is 0 Å². The molecule has 8 nitrogen and oxygen atoms in total. The van der Waals surface area contributed by atoms with Gasteiger partial charge in [-0.15, -0.1) is 0 Å². The second kappa shape index (κ2) is 5.78. The lowest BCUT2D eigenvalue weighted by atomic mass is 9.91. The number of benzene rings is 1. The molecule has 1 aromatic carbocycles. The molecule has 0 aromatic heterocycles. The summed E-state index contributed by atoms with van der Waals surface area (Å²) in [7, 11) is -4.83. The standard InChI is InChI=1S/C12H15NO7S/c1-4-12(2,3)11(14)20-10-6-5-8(21(17,18)19)7-9(10)13(15)16/h5-7H,4H2,1-3H3,(H,17,18,19)/p-1. The van der Waals surface area contributed by atoms with Gasteiger partial charge in [0.25, 0.3) is 0 Å². The third kappa shape index (κ3) is 3.99. The van der Waals surface area contributed by atoms with Crippen LogP contribution in [0.2, 0.25) is 0 Å². The molecule has 0 aliphatic carbocycles. The van der Waals surface area contributed by atoms with Crippen molar-refractivity contribution in [3.8, 4) is 5.75 Å². The molecule has 0 atom stereocenters. The minimum atomic E-state index is -4.83. The molecule has 0 bridgehead atoms. The Morgan fingerprint density at radius 1 is 1.38 bits per heavy atom. The first-order valence-electron chi connectivity index (χ1n) is 5.95. The Labute approximate surface area is 121 Å². The second-order valence-electron chi connectivity index (χ2n) is 4.97. The quantitative estimate of drug-likeness (QED) is 0.266. The SMILES string of the molecule is CCC(C)(C)C(=O)Oc1ccc(S(=O)(=O)[O-])cc1[N+](=O)[O-]. The topological polar surface area (TPSA) is 127 Å². The molecule has 0 amide bonds. The van der Waals surface area contributed by atoms with Gasteiger partial charge in [-0.3, -0.25) is 14.9 Å². The summed E-state index contributed by atoms with van der Waals surface area (Å²) in [6, 6.07) is 2.35. The van der Waals surface area contributed by atoms with Gasteiger partial charge in [0.1, 0.15) is 10.1 Å². The smallest absolute Gasteiger partial charge is 0.317 e. The number of carbonyl (C=O) groups is 1. The number of hydrogen-bond donors (Lipinski definition) is 0. The molecule has 21 heavy (non-hydrogen) atoms. The van der Waals surface area contributed by atoms with E-state index < -0.39 is 42.8 Å². The van der Waals surface area contributed by atoms with Crippen LogP contribution in [0, 0.1) is 15.5 Å². The molecule has 9 heteroatoms. The zero-order valence-corrected chi connectivity index (χ0v) is 12.5. The van der Waals surface area contributed by atoms with E-state index in [1.165, 1.54) is 0 Å². The zero-order valence-electron chi connectivity index (χ0n) is 11.7. The zero-order chi connectivity index (χ0) is 16.4. The largest absolute Gasteiger partial charge is 0.744 e. The van der Waals surface area contributed by atoms with Gasteiger partial charge in [-0.2, -0.15) is 0 Å².